The molecule has 0 saturated heterocycles. The van der Waals surface area contributed by atoms with Crippen LogP contribution >= 0.6 is 0 Å². The van der Waals surface area contributed by atoms with Crippen molar-refractivity contribution in [3.63, 3.8) is 0 Å². The van der Waals surface area contributed by atoms with Crippen LogP contribution in [0.1, 0.15) is 52.9 Å². The molecule has 1 fully saturated rings. The molecule has 1 aliphatic rings. The Hall–Kier alpha value is -1.40. The van der Waals surface area contributed by atoms with Crippen LogP contribution in [0, 0.1) is 5.41 Å². The number of hydrogen-bond acceptors (Lipinski definition) is 3. The predicted molar refractivity (Wildman–Crippen MR) is 91.7 cm³/mol. The Morgan fingerprint density at radius 3 is 2.13 bits per heavy atom. The standard InChI is InChI=1S/C17H26N2O3S/c1-17(2,3)16(20)18-13-9-11-15(12-10-13)23(21,22)19-14-7-5-4-6-8-14/h9-12,14,19H,4-8H2,1-3H3,(H,18,20). The van der Waals surface area contributed by atoms with Crippen molar-refractivity contribution in [1.29, 1.82) is 0 Å². The second kappa shape index (κ2) is 7.01. The molecule has 0 unspecified atom stereocenters. The van der Waals surface area contributed by atoms with E-state index in [1.165, 1.54) is 18.6 Å². The average Bonchev–Trinajstić information content (AvgIpc) is 2.47. The fraction of sp³-hybridized carbons (Fsp3) is 0.588. The van der Waals surface area contributed by atoms with Gasteiger partial charge in [0.25, 0.3) is 0 Å². The summed E-state index contributed by atoms with van der Waals surface area (Å²) in [7, 11) is -3.50. The molecule has 0 spiro atoms. The van der Waals surface area contributed by atoms with E-state index in [2.05, 4.69) is 10.0 Å². The van der Waals surface area contributed by atoms with Gasteiger partial charge in [-0.2, -0.15) is 0 Å². The van der Waals surface area contributed by atoms with Crippen LogP contribution < -0.4 is 10.0 Å². The Morgan fingerprint density at radius 1 is 1.04 bits per heavy atom. The topological polar surface area (TPSA) is 75.3 Å². The first kappa shape index (κ1) is 17.9. The number of amides is 1. The van der Waals surface area contributed by atoms with Gasteiger partial charge in [0.2, 0.25) is 15.9 Å². The van der Waals surface area contributed by atoms with Gasteiger partial charge in [-0.15, -0.1) is 0 Å². The third-order valence-corrected chi connectivity index (χ3v) is 5.57. The minimum Gasteiger partial charge on any atom is -0.326 e. The minimum absolute atomic E-state index is 0.0361. The number of nitrogens with one attached hydrogen (secondary N) is 2. The van der Waals surface area contributed by atoms with Crippen molar-refractivity contribution in [3.05, 3.63) is 24.3 Å². The van der Waals surface area contributed by atoms with Crippen LogP contribution in [0.5, 0.6) is 0 Å². The lowest BCUT2D eigenvalue weighted by Gasteiger charge is -2.22. The summed E-state index contributed by atoms with van der Waals surface area (Å²) in [6.07, 6.45) is 5.13. The van der Waals surface area contributed by atoms with Crippen LogP contribution in [0.3, 0.4) is 0 Å². The molecule has 1 aromatic carbocycles. The molecule has 0 bridgehead atoms. The quantitative estimate of drug-likeness (QED) is 0.884. The van der Waals surface area contributed by atoms with Crippen molar-refractivity contribution >= 4 is 21.6 Å². The van der Waals surface area contributed by atoms with E-state index >= 15 is 0 Å². The van der Waals surface area contributed by atoms with Crippen LogP contribution in [-0.2, 0) is 14.8 Å². The van der Waals surface area contributed by atoms with E-state index in [1.54, 1.807) is 12.1 Å². The average molecular weight is 338 g/mol. The van der Waals surface area contributed by atoms with E-state index in [-0.39, 0.29) is 16.8 Å². The summed E-state index contributed by atoms with van der Waals surface area (Å²) < 4.78 is 27.6. The Bertz CT molecular complexity index is 639. The van der Waals surface area contributed by atoms with E-state index in [4.69, 9.17) is 0 Å². The molecule has 0 atom stereocenters. The number of carbonyl (C=O) groups excluding carboxylic acids is 1. The van der Waals surface area contributed by atoms with Gasteiger partial charge in [-0.1, -0.05) is 40.0 Å². The van der Waals surface area contributed by atoms with Gasteiger partial charge >= 0.3 is 0 Å². The molecule has 1 saturated carbocycles. The molecule has 5 nitrogen and oxygen atoms in total. The molecule has 128 valence electrons. The van der Waals surface area contributed by atoms with Crippen LogP contribution in [0.15, 0.2) is 29.2 Å². The number of hydrogen-bond donors (Lipinski definition) is 2. The molecule has 1 amide bonds. The zero-order valence-corrected chi connectivity index (χ0v) is 14.9. The van der Waals surface area contributed by atoms with E-state index in [1.807, 2.05) is 20.8 Å². The van der Waals surface area contributed by atoms with E-state index in [0.29, 0.717) is 5.69 Å². The Balaban J connectivity index is 2.04. The van der Waals surface area contributed by atoms with E-state index in [0.717, 1.165) is 25.7 Å². The smallest absolute Gasteiger partial charge is 0.240 e. The zero-order valence-electron chi connectivity index (χ0n) is 14.1. The maximum atomic E-state index is 12.4. The third-order valence-electron chi connectivity index (χ3n) is 4.03. The van der Waals surface area contributed by atoms with Gasteiger partial charge in [-0.05, 0) is 37.1 Å². The van der Waals surface area contributed by atoms with Crippen LogP contribution in [-0.4, -0.2) is 20.4 Å². The summed E-state index contributed by atoms with van der Waals surface area (Å²) in [5, 5.41) is 2.79. The summed E-state index contributed by atoms with van der Waals surface area (Å²) in [4.78, 5) is 12.2. The maximum absolute atomic E-state index is 12.4. The third kappa shape index (κ3) is 5.04. The van der Waals surface area contributed by atoms with Crippen molar-refractivity contribution in [2.24, 2.45) is 5.41 Å². The minimum atomic E-state index is -3.50. The summed E-state index contributed by atoms with van der Waals surface area (Å²) in [6.45, 7) is 5.49. The molecule has 0 aliphatic heterocycles. The predicted octanol–water partition coefficient (Wildman–Crippen LogP) is 3.28. The maximum Gasteiger partial charge on any atom is 0.240 e. The van der Waals surface area contributed by atoms with Gasteiger partial charge in [0.05, 0.1) is 4.90 Å². The van der Waals surface area contributed by atoms with Gasteiger partial charge in [0, 0.05) is 17.1 Å². The highest BCUT2D eigenvalue weighted by atomic mass is 32.2. The Kier molecular flexibility index (Phi) is 5.47. The molecule has 0 aromatic heterocycles. The zero-order chi connectivity index (χ0) is 17.1. The Morgan fingerprint density at radius 2 is 1.61 bits per heavy atom. The molecule has 2 N–H and O–H groups in total. The second-order valence-corrected chi connectivity index (χ2v) is 8.90. The number of benzene rings is 1. The number of rotatable bonds is 4. The van der Waals surface area contributed by atoms with Crippen LogP contribution in [0.25, 0.3) is 0 Å². The van der Waals surface area contributed by atoms with Gasteiger partial charge in [0.15, 0.2) is 0 Å². The van der Waals surface area contributed by atoms with Crippen LogP contribution in [0.2, 0.25) is 0 Å². The second-order valence-electron chi connectivity index (χ2n) is 7.18. The van der Waals surface area contributed by atoms with Gasteiger partial charge in [-0.3, -0.25) is 4.79 Å². The number of carbonyl (C=O) groups is 1. The highest BCUT2D eigenvalue weighted by molar-refractivity contribution is 7.89. The summed E-state index contributed by atoms with van der Waals surface area (Å²) in [5.41, 5.74) is 0.106. The van der Waals surface area contributed by atoms with Crippen molar-refractivity contribution < 1.29 is 13.2 Å². The van der Waals surface area contributed by atoms with Crippen molar-refractivity contribution in [3.8, 4) is 0 Å². The number of sulfonamides is 1. The Labute approximate surface area is 138 Å². The molecule has 1 aromatic rings. The van der Waals surface area contributed by atoms with Gasteiger partial charge < -0.3 is 5.32 Å². The summed E-state index contributed by atoms with van der Waals surface area (Å²) in [5.74, 6) is -0.103. The van der Waals surface area contributed by atoms with Gasteiger partial charge in [-0.25, -0.2) is 13.1 Å². The van der Waals surface area contributed by atoms with Crippen molar-refractivity contribution in [1.82, 2.24) is 4.72 Å². The molecular formula is C17H26N2O3S. The van der Waals surface area contributed by atoms with Crippen LogP contribution in [0.4, 0.5) is 5.69 Å². The van der Waals surface area contributed by atoms with Crippen molar-refractivity contribution in [2.45, 2.75) is 63.8 Å². The van der Waals surface area contributed by atoms with Crippen molar-refractivity contribution in [2.75, 3.05) is 5.32 Å². The summed E-state index contributed by atoms with van der Waals surface area (Å²) >= 11 is 0. The number of anilines is 1. The SMILES string of the molecule is CC(C)(C)C(=O)Nc1ccc(S(=O)(=O)NC2CCCCC2)cc1. The molecule has 0 radical (unpaired) electrons. The molecular weight excluding hydrogens is 312 g/mol. The monoisotopic (exact) mass is 338 g/mol. The summed E-state index contributed by atoms with van der Waals surface area (Å²) in [6, 6.07) is 6.35. The van der Waals surface area contributed by atoms with Gasteiger partial charge in [0.1, 0.15) is 0 Å². The fourth-order valence-electron chi connectivity index (χ4n) is 2.54. The van der Waals surface area contributed by atoms with E-state index < -0.39 is 15.4 Å². The largest absolute Gasteiger partial charge is 0.326 e. The first-order chi connectivity index (χ1) is 10.7. The molecule has 1 aliphatic carbocycles. The normalized spacial score (nSPS) is 17.0. The highest BCUT2D eigenvalue weighted by Crippen LogP contribution is 2.22. The lowest BCUT2D eigenvalue weighted by atomic mass is 9.95. The lowest BCUT2D eigenvalue weighted by Crippen LogP contribution is -2.36. The molecule has 6 heteroatoms. The van der Waals surface area contributed by atoms with E-state index in [9.17, 15) is 13.2 Å². The molecule has 0 heterocycles. The molecule has 2 rings (SSSR count). The first-order valence-corrected chi connectivity index (χ1v) is 9.61. The highest BCUT2D eigenvalue weighted by Gasteiger charge is 2.23. The lowest BCUT2D eigenvalue weighted by molar-refractivity contribution is -0.123. The molecule has 23 heavy (non-hydrogen) atoms. The first-order valence-electron chi connectivity index (χ1n) is 8.12. The fourth-order valence-corrected chi connectivity index (χ4v) is 3.85.